The summed E-state index contributed by atoms with van der Waals surface area (Å²) in [6.07, 6.45) is 13.5. The van der Waals surface area contributed by atoms with Gasteiger partial charge in [-0.1, -0.05) is 49.2 Å². The largest absolute Gasteiger partial charge is 0.431 e. The highest BCUT2D eigenvalue weighted by atomic mass is 16.6. The summed E-state index contributed by atoms with van der Waals surface area (Å²) in [7, 11) is 3.80. The molecule has 6 rings (SSSR count). The SMILES string of the molecule is CCCCc1noc(C2=CCC3CCC2(OC(=O)C(=O)OC24CCC(CC=C2c2nc(CCCC)no2)N4C)N3C)n1. The van der Waals surface area contributed by atoms with Crippen LogP contribution in [0.3, 0.4) is 0 Å². The molecule has 0 saturated carbocycles. The molecule has 0 radical (unpaired) electrons. The number of fused-ring (bicyclic) bond motifs is 4. The predicted molar refractivity (Wildman–Crippen MR) is 150 cm³/mol. The van der Waals surface area contributed by atoms with Crippen molar-refractivity contribution < 1.29 is 28.1 Å². The van der Waals surface area contributed by atoms with Gasteiger partial charge in [0.05, 0.1) is 11.1 Å². The maximum absolute atomic E-state index is 13.6. The quantitative estimate of drug-likeness (QED) is 0.296. The van der Waals surface area contributed by atoms with Crippen LogP contribution in [0, 0.1) is 0 Å². The van der Waals surface area contributed by atoms with E-state index in [2.05, 4.69) is 34.1 Å². The van der Waals surface area contributed by atoms with Crippen LogP contribution in [-0.4, -0.2) is 79.6 Å². The minimum Gasteiger partial charge on any atom is -0.431 e. The second-order valence-corrected chi connectivity index (χ2v) is 11.9. The van der Waals surface area contributed by atoms with Crippen LogP contribution in [0.1, 0.15) is 101 Å². The van der Waals surface area contributed by atoms with E-state index in [0.717, 1.165) is 51.4 Å². The lowest BCUT2D eigenvalue weighted by Gasteiger charge is -2.42. The molecule has 0 aliphatic carbocycles. The van der Waals surface area contributed by atoms with Gasteiger partial charge < -0.3 is 18.5 Å². The molecule has 4 atom stereocenters. The Morgan fingerprint density at radius 1 is 0.810 bits per heavy atom. The molecule has 0 amide bonds. The molecule has 2 aromatic rings. The van der Waals surface area contributed by atoms with E-state index in [0.29, 0.717) is 60.3 Å². The van der Waals surface area contributed by atoms with Gasteiger partial charge in [-0.2, -0.15) is 9.97 Å². The lowest BCUT2D eigenvalue weighted by molar-refractivity contribution is -0.193. The number of hydrogen-bond acceptors (Lipinski definition) is 12. The molecule has 226 valence electrons. The van der Waals surface area contributed by atoms with Gasteiger partial charge in [-0.15, -0.1) is 0 Å². The molecule has 4 aliphatic heterocycles. The fraction of sp³-hybridized carbons (Fsp3) is 0.667. The smallest absolute Gasteiger partial charge is 0.419 e. The monoisotopic (exact) mass is 580 g/mol. The number of esters is 2. The van der Waals surface area contributed by atoms with Crippen molar-refractivity contribution in [2.75, 3.05) is 14.1 Å². The lowest BCUT2D eigenvalue weighted by atomic mass is 9.97. The molecule has 6 heterocycles. The molecular formula is C30H40N6O6. The van der Waals surface area contributed by atoms with Crippen LogP contribution in [0.5, 0.6) is 0 Å². The van der Waals surface area contributed by atoms with E-state index in [1.165, 1.54) is 0 Å². The van der Waals surface area contributed by atoms with Crippen molar-refractivity contribution in [1.29, 1.82) is 0 Å². The zero-order chi connectivity index (χ0) is 29.5. The minimum atomic E-state index is -1.19. The zero-order valence-corrected chi connectivity index (χ0v) is 24.9. The minimum absolute atomic E-state index is 0.174. The lowest BCUT2D eigenvalue weighted by Crippen LogP contribution is -2.54. The first-order valence-corrected chi connectivity index (χ1v) is 15.3. The summed E-state index contributed by atoms with van der Waals surface area (Å²) in [4.78, 5) is 40.3. The van der Waals surface area contributed by atoms with Crippen LogP contribution in [0.4, 0.5) is 0 Å². The highest BCUT2D eigenvalue weighted by Crippen LogP contribution is 2.50. The van der Waals surface area contributed by atoms with E-state index in [1.807, 2.05) is 36.0 Å². The van der Waals surface area contributed by atoms with E-state index in [9.17, 15) is 9.59 Å². The van der Waals surface area contributed by atoms with Gasteiger partial charge in [0.2, 0.25) is 0 Å². The Bertz CT molecular complexity index is 1290. The Hall–Kier alpha value is -3.38. The Balaban J connectivity index is 1.24. The molecule has 0 spiro atoms. The van der Waals surface area contributed by atoms with Crippen molar-refractivity contribution >= 4 is 23.1 Å². The van der Waals surface area contributed by atoms with Crippen molar-refractivity contribution in [2.45, 2.75) is 114 Å². The van der Waals surface area contributed by atoms with Crippen molar-refractivity contribution in [3.63, 3.8) is 0 Å². The van der Waals surface area contributed by atoms with Gasteiger partial charge in [-0.3, -0.25) is 9.80 Å². The normalized spacial score (nSPS) is 29.0. The first-order valence-electron chi connectivity index (χ1n) is 15.3. The highest BCUT2D eigenvalue weighted by molar-refractivity contribution is 6.30. The van der Waals surface area contributed by atoms with Gasteiger partial charge in [0.1, 0.15) is 0 Å². The van der Waals surface area contributed by atoms with Crippen molar-refractivity contribution in [1.82, 2.24) is 30.1 Å². The summed E-state index contributed by atoms with van der Waals surface area (Å²) in [6, 6.07) is 0.348. The van der Waals surface area contributed by atoms with Crippen LogP contribution in [-0.2, 0) is 31.9 Å². The number of hydrogen-bond donors (Lipinski definition) is 0. The second-order valence-electron chi connectivity index (χ2n) is 11.9. The first kappa shape index (κ1) is 28.7. The highest BCUT2D eigenvalue weighted by Gasteiger charge is 2.58. The van der Waals surface area contributed by atoms with Crippen molar-refractivity contribution in [3.8, 4) is 0 Å². The fourth-order valence-corrected chi connectivity index (χ4v) is 6.94. The summed E-state index contributed by atoms with van der Waals surface area (Å²) >= 11 is 0. The topological polar surface area (TPSA) is 137 Å². The van der Waals surface area contributed by atoms with Crippen LogP contribution in [0.15, 0.2) is 21.2 Å². The maximum atomic E-state index is 13.6. The number of carbonyl (C=O) groups is 2. The first-order chi connectivity index (χ1) is 20.3. The Labute approximate surface area is 245 Å². The van der Waals surface area contributed by atoms with Crippen LogP contribution in [0.25, 0.3) is 11.1 Å². The molecule has 2 saturated heterocycles. The molecule has 2 aromatic heterocycles. The third-order valence-corrected chi connectivity index (χ3v) is 9.49. The van der Waals surface area contributed by atoms with Crippen LogP contribution in [0.2, 0.25) is 0 Å². The van der Waals surface area contributed by atoms with E-state index >= 15 is 0 Å². The predicted octanol–water partition coefficient (Wildman–Crippen LogP) is 4.08. The van der Waals surface area contributed by atoms with Crippen LogP contribution >= 0.6 is 0 Å². The molecule has 4 unspecified atom stereocenters. The average Bonchev–Trinajstić information content (AvgIpc) is 3.72. The molecular weight excluding hydrogens is 540 g/mol. The number of carbonyl (C=O) groups excluding carboxylic acids is 2. The molecule has 0 N–H and O–H groups in total. The van der Waals surface area contributed by atoms with Gasteiger partial charge in [-0.25, -0.2) is 9.59 Å². The number of unbranched alkanes of at least 4 members (excludes halogenated alkanes) is 2. The average molecular weight is 581 g/mol. The number of likely N-dealkylation sites (N-methyl/N-ethyl adjacent to an activating group) is 2. The van der Waals surface area contributed by atoms with Crippen molar-refractivity contribution in [2.24, 2.45) is 0 Å². The summed E-state index contributed by atoms with van der Waals surface area (Å²) in [5, 5.41) is 8.28. The van der Waals surface area contributed by atoms with Gasteiger partial charge in [0, 0.05) is 37.8 Å². The maximum Gasteiger partial charge on any atom is 0.419 e. The van der Waals surface area contributed by atoms with Gasteiger partial charge in [0.25, 0.3) is 11.8 Å². The Morgan fingerprint density at radius 2 is 1.24 bits per heavy atom. The number of ether oxygens (including phenoxy) is 2. The molecule has 2 fully saturated rings. The molecule has 42 heavy (non-hydrogen) atoms. The number of nitrogens with zero attached hydrogens (tertiary/aromatic N) is 6. The number of rotatable bonds is 10. The van der Waals surface area contributed by atoms with Gasteiger partial charge in [0.15, 0.2) is 23.1 Å². The summed E-state index contributed by atoms with van der Waals surface area (Å²) in [5.74, 6) is -0.259. The van der Waals surface area contributed by atoms with E-state index in [4.69, 9.17) is 18.5 Å². The summed E-state index contributed by atoms with van der Waals surface area (Å²) < 4.78 is 23.5. The van der Waals surface area contributed by atoms with Crippen LogP contribution < -0.4 is 0 Å². The standard InChI is InChI=1S/C30H40N6O6/c1-5-7-9-23-31-25(41-33-23)21-13-11-19-15-17-29(21,35(19)3)39-27(37)28(38)40-30-18-16-20(36(30)4)12-14-22(30)26-32-24(34-42-26)10-8-6-2/h13-14,19-20H,5-12,15-18H2,1-4H3. The molecule has 4 bridgehead atoms. The van der Waals surface area contributed by atoms with E-state index in [1.54, 1.807) is 0 Å². The van der Waals surface area contributed by atoms with E-state index in [-0.39, 0.29) is 12.1 Å². The summed E-state index contributed by atoms with van der Waals surface area (Å²) in [6.45, 7) is 4.21. The number of aromatic nitrogens is 4. The third kappa shape index (κ3) is 4.78. The number of aryl methyl sites for hydroxylation is 2. The van der Waals surface area contributed by atoms with Gasteiger partial charge in [-0.05, 0) is 52.6 Å². The zero-order valence-electron chi connectivity index (χ0n) is 24.9. The van der Waals surface area contributed by atoms with E-state index < -0.39 is 23.4 Å². The second kappa shape index (κ2) is 11.4. The molecule has 4 aliphatic rings. The van der Waals surface area contributed by atoms with Crippen molar-refractivity contribution in [3.05, 3.63) is 35.6 Å². The molecule has 12 heteroatoms. The third-order valence-electron chi connectivity index (χ3n) is 9.49. The summed E-state index contributed by atoms with van der Waals surface area (Å²) in [5.41, 5.74) is -1.15. The van der Waals surface area contributed by atoms with Gasteiger partial charge >= 0.3 is 11.9 Å². The fourth-order valence-electron chi connectivity index (χ4n) is 6.94. The molecule has 12 nitrogen and oxygen atoms in total. The Morgan fingerprint density at radius 3 is 1.64 bits per heavy atom. The Kier molecular flexibility index (Phi) is 7.77. The molecule has 0 aromatic carbocycles.